The zero-order chi connectivity index (χ0) is 14.5. The highest BCUT2D eigenvalue weighted by Crippen LogP contribution is 2.21. The first-order valence-electron chi connectivity index (χ1n) is 6.21. The number of thiazole rings is 1. The smallest absolute Gasteiger partial charge is 0.259 e. The molecule has 1 amide bonds. The van der Waals surface area contributed by atoms with Crippen molar-refractivity contribution in [3.8, 4) is 0 Å². The number of hydrogen-bond donors (Lipinski definition) is 2. The van der Waals surface area contributed by atoms with Gasteiger partial charge >= 0.3 is 0 Å². The van der Waals surface area contributed by atoms with E-state index < -0.39 is 11.7 Å². The lowest BCUT2D eigenvalue weighted by molar-refractivity contribution is 0.102. The van der Waals surface area contributed by atoms with Crippen LogP contribution in [-0.2, 0) is 0 Å². The number of carbonyl (C=O) groups is 1. The van der Waals surface area contributed by atoms with Crippen molar-refractivity contribution in [1.82, 2.24) is 15.3 Å². The third-order valence-corrected chi connectivity index (χ3v) is 3.44. The van der Waals surface area contributed by atoms with Crippen molar-refractivity contribution in [2.45, 2.75) is 19.9 Å². The summed E-state index contributed by atoms with van der Waals surface area (Å²) in [6.07, 6.45) is 2.37. The molecule has 2 N–H and O–H groups in total. The molecule has 0 radical (unpaired) electrons. The first kappa shape index (κ1) is 14.5. The van der Waals surface area contributed by atoms with Crippen LogP contribution in [0.2, 0.25) is 0 Å². The van der Waals surface area contributed by atoms with Gasteiger partial charge in [-0.05, 0) is 19.5 Å². The van der Waals surface area contributed by atoms with Crippen LogP contribution in [0.1, 0.15) is 35.9 Å². The van der Waals surface area contributed by atoms with Crippen LogP contribution in [0, 0.1) is 5.82 Å². The maximum Gasteiger partial charge on any atom is 0.259 e. The van der Waals surface area contributed by atoms with Crippen molar-refractivity contribution < 1.29 is 9.18 Å². The summed E-state index contributed by atoms with van der Waals surface area (Å²) in [4.78, 5) is 19.9. The molecule has 2 aromatic heterocycles. The van der Waals surface area contributed by atoms with Crippen molar-refractivity contribution >= 4 is 22.4 Å². The van der Waals surface area contributed by atoms with E-state index in [4.69, 9.17) is 0 Å². The molecule has 0 spiro atoms. The number of rotatable bonds is 5. The van der Waals surface area contributed by atoms with Gasteiger partial charge in [0.05, 0.1) is 17.5 Å². The van der Waals surface area contributed by atoms with Crippen molar-refractivity contribution in [2.24, 2.45) is 0 Å². The fourth-order valence-corrected chi connectivity index (χ4v) is 2.46. The maximum absolute atomic E-state index is 13.0. The molecule has 1 unspecified atom stereocenters. The third kappa shape index (κ3) is 3.58. The minimum Gasteiger partial charge on any atom is -0.309 e. The summed E-state index contributed by atoms with van der Waals surface area (Å²) < 4.78 is 13.0. The molecule has 20 heavy (non-hydrogen) atoms. The Morgan fingerprint density at radius 3 is 3.00 bits per heavy atom. The van der Waals surface area contributed by atoms with Crippen molar-refractivity contribution in [2.75, 3.05) is 11.9 Å². The fourth-order valence-electron chi connectivity index (χ4n) is 1.66. The maximum atomic E-state index is 13.0. The van der Waals surface area contributed by atoms with Crippen LogP contribution in [-0.4, -0.2) is 22.4 Å². The van der Waals surface area contributed by atoms with Gasteiger partial charge in [0.25, 0.3) is 5.91 Å². The van der Waals surface area contributed by atoms with Gasteiger partial charge in [-0.3, -0.25) is 15.1 Å². The lowest BCUT2D eigenvalue weighted by Gasteiger charge is -2.08. The number of anilines is 1. The summed E-state index contributed by atoms with van der Waals surface area (Å²) in [7, 11) is 0. The summed E-state index contributed by atoms with van der Waals surface area (Å²) in [5.41, 5.74) is 1.03. The number of hydrogen-bond acceptors (Lipinski definition) is 5. The standard InChI is InChI=1S/C13H15FN4OS/c1-3-16-8(2)11-7-20-13(17-11)18-12(19)9-4-10(14)6-15-5-9/h4-8,16H,3H2,1-2H3,(H,17,18,19). The van der Waals surface area contributed by atoms with Gasteiger partial charge in [0, 0.05) is 17.6 Å². The van der Waals surface area contributed by atoms with E-state index in [1.54, 1.807) is 0 Å². The molecule has 0 aromatic carbocycles. The molecule has 0 aliphatic carbocycles. The summed E-state index contributed by atoms with van der Waals surface area (Å²) >= 11 is 1.33. The topological polar surface area (TPSA) is 66.9 Å². The van der Waals surface area contributed by atoms with Crippen LogP contribution in [0.5, 0.6) is 0 Å². The minimum atomic E-state index is -0.543. The second-order valence-electron chi connectivity index (χ2n) is 4.20. The quantitative estimate of drug-likeness (QED) is 0.889. The van der Waals surface area contributed by atoms with E-state index in [0.717, 1.165) is 24.5 Å². The first-order valence-corrected chi connectivity index (χ1v) is 7.08. The predicted octanol–water partition coefficient (Wildman–Crippen LogP) is 2.60. The number of carbonyl (C=O) groups excluding carboxylic acids is 1. The molecule has 106 valence electrons. The Morgan fingerprint density at radius 2 is 2.30 bits per heavy atom. The Bertz CT molecular complexity index is 602. The van der Waals surface area contributed by atoms with Gasteiger partial charge in [0.2, 0.25) is 0 Å². The molecule has 5 nitrogen and oxygen atoms in total. The summed E-state index contributed by atoms with van der Waals surface area (Å²) in [6, 6.07) is 1.26. The van der Waals surface area contributed by atoms with Crippen molar-refractivity contribution in [3.05, 3.63) is 40.9 Å². The van der Waals surface area contributed by atoms with Gasteiger partial charge < -0.3 is 5.32 Å². The normalized spacial score (nSPS) is 12.2. The van der Waals surface area contributed by atoms with E-state index in [1.807, 2.05) is 19.2 Å². The number of amides is 1. The highest BCUT2D eigenvalue weighted by atomic mass is 32.1. The van der Waals surface area contributed by atoms with Gasteiger partial charge in [-0.25, -0.2) is 9.37 Å². The van der Waals surface area contributed by atoms with Crippen molar-refractivity contribution in [3.63, 3.8) is 0 Å². The number of nitrogens with zero attached hydrogens (tertiary/aromatic N) is 2. The monoisotopic (exact) mass is 294 g/mol. The first-order chi connectivity index (χ1) is 9.60. The predicted molar refractivity (Wildman–Crippen MR) is 76.4 cm³/mol. The molecule has 2 rings (SSSR count). The molecular formula is C13H15FN4OS. The van der Waals surface area contributed by atoms with Gasteiger partial charge in [0.15, 0.2) is 5.13 Å². The second kappa shape index (κ2) is 6.53. The molecule has 2 heterocycles. The largest absolute Gasteiger partial charge is 0.309 e. The van der Waals surface area contributed by atoms with Crippen LogP contribution in [0.25, 0.3) is 0 Å². The molecule has 0 bridgehead atoms. The number of halogens is 1. The van der Waals surface area contributed by atoms with Crippen LogP contribution < -0.4 is 10.6 Å². The molecule has 0 saturated carbocycles. The molecule has 7 heteroatoms. The molecule has 0 fully saturated rings. The molecule has 0 aliphatic rings. The highest BCUT2D eigenvalue weighted by Gasteiger charge is 2.12. The average Bonchev–Trinajstić information content (AvgIpc) is 2.87. The lowest BCUT2D eigenvalue weighted by Crippen LogP contribution is -2.18. The van der Waals surface area contributed by atoms with E-state index in [-0.39, 0.29) is 11.6 Å². The Labute approximate surface area is 120 Å². The molecule has 0 aliphatic heterocycles. The van der Waals surface area contributed by atoms with E-state index >= 15 is 0 Å². The van der Waals surface area contributed by atoms with Gasteiger partial charge in [0.1, 0.15) is 5.82 Å². The Kier molecular flexibility index (Phi) is 4.75. The zero-order valence-electron chi connectivity index (χ0n) is 11.2. The lowest BCUT2D eigenvalue weighted by atomic mass is 10.2. The van der Waals surface area contributed by atoms with E-state index in [0.29, 0.717) is 5.13 Å². The summed E-state index contributed by atoms with van der Waals surface area (Å²) in [5, 5.41) is 8.24. The van der Waals surface area contributed by atoms with Gasteiger partial charge in [-0.2, -0.15) is 0 Å². The van der Waals surface area contributed by atoms with E-state index in [9.17, 15) is 9.18 Å². The highest BCUT2D eigenvalue weighted by molar-refractivity contribution is 7.14. The number of pyridine rings is 1. The van der Waals surface area contributed by atoms with Gasteiger partial charge in [-0.1, -0.05) is 6.92 Å². The molecule has 2 aromatic rings. The zero-order valence-corrected chi connectivity index (χ0v) is 12.0. The van der Waals surface area contributed by atoms with Crippen LogP contribution in [0.3, 0.4) is 0 Å². The Morgan fingerprint density at radius 1 is 1.50 bits per heavy atom. The molecule has 0 saturated heterocycles. The number of nitrogens with one attached hydrogen (secondary N) is 2. The molecular weight excluding hydrogens is 279 g/mol. The Hall–Kier alpha value is -1.86. The SMILES string of the molecule is CCNC(C)c1csc(NC(=O)c2cncc(F)c2)n1. The molecule has 1 atom stereocenters. The van der Waals surface area contributed by atoms with Crippen LogP contribution in [0.4, 0.5) is 9.52 Å². The average molecular weight is 294 g/mol. The summed E-state index contributed by atoms with van der Waals surface area (Å²) in [6.45, 7) is 4.86. The number of aromatic nitrogens is 2. The summed E-state index contributed by atoms with van der Waals surface area (Å²) in [5.74, 6) is -0.966. The van der Waals surface area contributed by atoms with Crippen molar-refractivity contribution in [1.29, 1.82) is 0 Å². The van der Waals surface area contributed by atoms with E-state index in [2.05, 4.69) is 20.6 Å². The Balaban J connectivity index is 2.05. The van der Waals surface area contributed by atoms with E-state index in [1.165, 1.54) is 17.5 Å². The van der Waals surface area contributed by atoms with Crippen LogP contribution in [0.15, 0.2) is 23.8 Å². The fraction of sp³-hybridized carbons (Fsp3) is 0.308. The van der Waals surface area contributed by atoms with Gasteiger partial charge in [-0.15, -0.1) is 11.3 Å². The third-order valence-electron chi connectivity index (χ3n) is 2.66. The second-order valence-corrected chi connectivity index (χ2v) is 5.06. The minimum absolute atomic E-state index is 0.123. The van der Waals surface area contributed by atoms with Crippen LogP contribution >= 0.6 is 11.3 Å².